The molecule has 1 aromatic carbocycles. The quantitative estimate of drug-likeness (QED) is 0.651. The van der Waals surface area contributed by atoms with Gasteiger partial charge >= 0.3 is 0 Å². The zero-order valence-corrected chi connectivity index (χ0v) is 6.12. The number of halogens is 1. The first-order valence-electron chi connectivity index (χ1n) is 3.59. The van der Waals surface area contributed by atoms with E-state index in [0.717, 1.165) is 0 Å². The van der Waals surface area contributed by atoms with E-state index in [1.807, 2.05) is 6.07 Å². The molecule has 2 heteroatoms. The third-order valence-corrected chi connectivity index (χ3v) is 1.50. The summed E-state index contributed by atoms with van der Waals surface area (Å²) in [5.41, 5.74) is 0.683. The van der Waals surface area contributed by atoms with Crippen molar-refractivity contribution < 1.29 is 6.48 Å². The molecule has 54 valence electrons. The Morgan fingerprint density at radius 2 is 2.10 bits per heavy atom. The van der Waals surface area contributed by atoms with Crippen molar-refractivity contribution >= 4 is 11.6 Å². The zero-order chi connectivity index (χ0) is 8.27. The van der Waals surface area contributed by atoms with E-state index >= 15 is 0 Å². The van der Waals surface area contributed by atoms with Crippen LogP contribution in [0.15, 0.2) is 30.3 Å². The molecule has 0 bridgehead atoms. The number of rotatable bonds is 2. The summed E-state index contributed by atoms with van der Waals surface area (Å²) in [6.07, 6.45) is -0.891. The van der Waals surface area contributed by atoms with Gasteiger partial charge in [0.15, 0.2) is 0 Å². The molecule has 0 saturated heterocycles. The van der Waals surface area contributed by atoms with Crippen LogP contribution >= 0.6 is 11.6 Å². The standard InChI is InChI=1S/C8H9ClO/c9-6-8(10)7-4-2-1-3-5-7/h1-5,8,10H,6H2/t8-/m0/s1/i6D/t6-,8-. The number of hydrogen-bond donors (Lipinski definition) is 1. The normalized spacial score (nSPS) is 17.6. The van der Waals surface area contributed by atoms with E-state index in [9.17, 15) is 5.11 Å². The Bertz CT molecular complexity index is 213. The van der Waals surface area contributed by atoms with Gasteiger partial charge in [-0.3, -0.25) is 0 Å². The van der Waals surface area contributed by atoms with Crippen LogP contribution in [0.1, 0.15) is 13.0 Å². The van der Waals surface area contributed by atoms with Crippen LogP contribution in [-0.2, 0) is 0 Å². The fraction of sp³-hybridized carbons (Fsp3) is 0.250. The Balaban J connectivity index is 2.77. The lowest BCUT2D eigenvalue weighted by atomic mass is 10.1. The molecule has 0 heterocycles. The van der Waals surface area contributed by atoms with Crippen molar-refractivity contribution in [2.24, 2.45) is 0 Å². The van der Waals surface area contributed by atoms with Crippen molar-refractivity contribution in [1.82, 2.24) is 0 Å². The predicted octanol–water partition coefficient (Wildman–Crippen LogP) is 1.96. The second-order valence-corrected chi connectivity index (χ2v) is 2.23. The topological polar surface area (TPSA) is 20.2 Å². The fourth-order valence-electron chi connectivity index (χ4n) is 0.723. The van der Waals surface area contributed by atoms with Gasteiger partial charge < -0.3 is 5.11 Å². The highest BCUT2D eigenvalue weighted by Crippen LogP contribution is 2.12. The molecule has 0 fully saturated rings. The lowest BCUT2D eigenvalue weighted by Gasteiger charge is -2.04. The van der Waals surface area contributed by atoms with E-state index in [0.29, 0.717) is 5.56 Å². The Morgan fingerprint density at radius 3 is 2.60 bits per heavy atom. The van der Waals surface area contributed by atoms with Gasteiger partial charge in [0, 0.05) is 1.37 Å². The van der Waals surface area contributed by atoms with E-state index in [-0.39, 0.29) is 0 Å². The zero-order valence-electron chi connectivity index (χ0n) is 6.37. The smallest absolute Gasteiger partial charge is 0.0925 e. The molecule has 0 spiro atoms. The van der Waals surface area contributed by atoms with Crippen molar-refractivity contribution in [3.8, 4) is 0 Å². The van der Waals surface area contributed by atoms with Gasteiger partial charge in [0.2, 0.25) is 0 Å². The maximum atomic E-state index is 9.28. The van der Waals surface area contributed by atoms with Gasteiger partial charge in [-0.1, -0.05) is 30.3 Å². The molecule has 1 aromatic rings. The highest BCUT2D eigenvalue weighted by atomic mass is 35.5. The first kappa shape index (κ1) is 6.20. The van der Waals surface area contributed by atoms with Gasteiger partial charge in [-0.25, -0.2) is 0 Å². The van der Waals surface area contributed by atoms with Gasteiger partial charge in [0.25, 0.3) is 0 Å². The summed E-state index contributed by atoms with van der Waals surface area (Å²) in [5, 5.41) is 9.28. The highest BCUT2D eigenvalue weighted by molar-refractivity contribution is 6.18. The van der Waals surface area contributed by atoms with Crippen LogP contribution in [0.3, 0.4) is 0 Å². The molecular formula is C8H9ClO. The van der Waals surface area contributed by atoms with Gasteiger partial charge in [0.05, 0.1) is 12.0 Å². The maximum absolute atomic E-state index is 9.28. The molecule has 0 aromatic heterocycles. The molecule has 0 aliphatic heterocycles. The van der Waals surface area contributed by atoms with Crippen molar-refractivity contribution in [2.75, 3.05) is 5.86 Å². The van der Waals surface area contributed by atoms with Crippen LogP contribution in [0.4, 0.5) is 0 Å². The number of alkyl halides is 1. The lowest BCUT2D eigenvalue weighted by molar-refractivity contribution is 0.202. The fourth-order valence-corrected chi connectivity index (χ4v) is 0.868. The van der Waals surface area contributed by atoms with Crippen LogP contribution in [-0.4, -0.2) is 11.0 Å². The number of hydrogen-bond acceptors (Lipinski definition) is 1. The van der Waals surface area contributed by atoms with Crippen LogP contribution in [0.25, 0.3) is 0 Å². The molecule has 0 amide bonds. The Labute approximate surface area is 66.7 Å². The summed E-state index contributed by atoms with van der Waals surface area (Å²) >= 11 is 5.38. The molecule has 1 nitrogen and oxygen atoms in total. The molecule has 1 rings (SSSR count). The summed E-state index contributed by atoms with van der Waals surface area (Å²) in [6.45, 7) is 0. The van der Waals surface area contributed by atoms with Crippen LogP contribution in [0, 0.1) is 0 Å². The minimum atomic E-state index is -0.989. The number of aliphatic hydroxyl groups excluding tert-OH is 1. The van der Waals surface area contributed by atoms with Gasteiger partial charge in [0.1, 0.15) is 0 Å². The van der Waals surface area contributed by atoms with Gasteiger partial charge in [-0.2, -0.15) is 0 Å². The largest absolute Gasteiger partial charge is 0.387 e. The number of benzene rings is 1. The minimum absolute atomic E-state index is 0.683. The SMILES string of the molecule is [2H][C@H](Cl)[C@H](O)c1ccccc1. The molecule has 0 saturated carbocycles. The van der Waals surface area contributed by atoms with Gasteiger partial charge in [-0.05, 0) is 5.56 Å². The van der Waals surface area contributed by atoms with E-state index in [2.05, 4.69) is 0 Å². The van der Waals surface area contributed by atoms with E-state index in [1.54, 1.807) is 24.3 Å². The third-order valence-electron chi connectivity index (χ3n) is 1.26. The van der Waals surface area contributed by atoms with Crippen LogP contribution < -0.4 is 0 Å². The molecule has 0 aliphatic carbocycles. The lowest BCUT2D eigenvalue weighted by Crippen LogP contribution is -1.96. The first-order valence-corrected chi connectivity index (χ1v) is 3.45. The third kappa shape index (κ3) is 1.72. The van der Waals surface area contributed by atoms with E-state index < -0.39 is 12.0 Å². The second-order valence-electron chi connectivity index (χ2n) is 1.98. The van der Waals surface area contributed by atoms with E-state index in [4.69, 9.17) is 13.0 Å². The van der Waals surface area contributed by atoms with Crippen molar-refractivity contribution in [2.45, 2.75) is 6.10 Å². The second kappa shape index (κ2) is 3.59. The molecule has 2 atom stereocenters. The summed E-state index contributed by atoms with van der Waals surface area (Å²) in [5.74, 6) is -0.989. The van der Waals surface area contributed by atoms with E-state index in [1.165, 1.54) is 0 Å². The minimum Gasteiger partial charge on any atom is -0.387 e. The van der Waals surface area contributed by atoms with Crippen molar-refractivity contribution in [1.29, 1.82) is 0 Å². The Morgan fingerprint density at radius 1 is 1.50 bits per heavy atom. The van der Waals surface area contributed by atoms with Gasteiger partial charge in [-0.15, -0.1) is 11.6 Å². The molecule has 1 N–H and O–H groups in total. The molecule has 10 heavy (non-hydrogen) atoms. The predicted molar refractivity (Wildman–Crippen MR) is 42.1 cm³/mol. The van der Waals surface area contributed by atoms with Crippen LogP contribution in [0.2, 0.25) is 0 Å². The molecular weight excluding hydrogens is 148 g/mol. The molecule has 0 radical (unpaired) electrons. The summed E-state index contributed by atoms with van der Waals surface area (Å²) in [6, 6.07) is 8.95. The maximum Gasteiger partial charge on any atom is 0.0925 e. The molecule has 0 unspecified atom stereocenters. The van der Waals surface area contributed by atoms with Crippen molar-refractivity contribution in [3.63, 3.8) is 0 Å². The average Bonchev–Trinajstić information content (AvgIpc) is 2.05. The Kier molecular flexibility index (Phi) is 2.23. The van der Waals surface area contributed by atoms with Crippen LogP contribution in [0.5, 0.6) is 0 Å². The monoisotopic (exact) mass is 157 g/mol. The number of aliphatic hydroxyl groups is 1. The summed E-state index contributed by atoms with van der Waals surface area (Å²) in [7, 11) is 0. The highest BCUT2D eigenvalue weighted by Gasteiger charge is 2.02. The average molecular weight is 158 g/mol. The summed E-state index contributed by atoms with van der Waals surface area (Å²) in [4.78, 5) is 0. The Hall–Kier alpha value is -0.530. The van der Waals surface area contributed by atoms with Crippen molar-refractivity contribution in [3.05, 3.63) is 35.9 Å². The first-order chi connectivity index (χ1) is 5.22. The molecule has 0 aliphatic rings. The summed E-state index contributed by atoms with van der Waals surface area (Å²) < 4.78 is 7.04.